The fourth-order valence-corrected chi connectivity index (χ4v) is 3.46. The lowest BCUT2D eigenvalue weighted by molar-refractivity contribution is 0.392. The van der Waals surface area contributed by atoms with Crippen LogP contribution in [0.5, 0.6) is 11.5 Å². The van der Waals surface area contributed by atoms with Crippen molar-refractivity contribution < 1.29 is 13.7 Å². The summed E-state index contributed by atoms with van der Waals surface area (Å²) in [6.45, 7) is 6.95. The number of rotatable bonds is 9. The van der Waals surface area contributed by atoms with Gasteiger partial charge in [-0.3, -0.25) is 4.21 Å². The van der Waals surface area contributed by atoms with Crippen molar-refractivity contribution in [3.8, 4) is 11.5 Å². The van der Waals surface area contributed by atoms with Crippen molar-refractivity contribution in [3.63, 3.8) is 0 Å². The summed E-state index contributed by atoms with van der Waals surface area (Å²) in [5, 5.41) is 3.60. The van der Waals surface area contributed by atoms with E-state index in [1.807, 2.05) is 32.0 Å². The zero-order chi connectivity index (χ0) is 15.8. The summed E-state index contributed by atoms with van der Waals surface area (Å²) >= 11 is 0. The lowest BCUT2D eigenvalue weighted by Gasteiger charge is -2.22. The zero-order valence-corrected chi connectivity index (χ0v) is 14.5. The molecule has 0 radical (unpaired) electrons. The first-order valence-corrected chi connectivity index (χ1v) is 8.77. The lowest BCUT2D eigenvalue weighted by atomic mass is 10.1. The molecule has 3 unspecified atom stereocenters. The molecule has 5 heteroatoms. The maximum atomic E-state index is 12.4. The molecule has 0 fully saturated rings. The molecule has 0 aliphatic rings. The van der Waals surface area contributed by atoms with E-state index in [-0.39, 0.29) is 11.3 Å². The minimum Gasteiger partial charge on any atom is -0.497 e. The fraction of sp³-hybridized carbons (Fsp3) is 0.625. The molecule has 0 bridgehead atoms. The molecule has 4 nitrogen and oxygen atoms in total. The summed E-state index contributed by atoms with van der Waals surface area (Å²) < 4.78 is 23.1. The fourth-order valence-electron chi connectivity index (χ4n) is 2.13. The molecule has 0 spiro atoms. The summed E-state index contributed by atoms with van der Waals surface area (Å²) in [6.07, 6.45) is 0.917. The van der Waals surface area contributed by atoms with Crippen molar-refractivity contribution in [2.24, 2.45) is 0 Å². The Morgan fingerprint density at radius 2 is 1.95 bits per heavy atom. The number of methoxy groups -OCH3 is 2. The number of ether oxygens (including phenoxy) is 2. The van der Waals surface area contributed by atoms with Gasteiger partial charge in [-0.1, -0.05) is 20.8 Å². The van der Waals surface area contributed by atoms with Crippen LogP contribution in [0.4, 0.5) is 0 Å². The Balaban J connectivity index is 3.06. The predicted octanol–water partition coefficient (Wildman–Crippen LogP) is 2.90. The molecular weight excluding hydrogens is 286 g/mol. The van der Waals surface area contributed by atoms with Gasteiger partial charge in [0.2, 0.25) is 0 Å². The Morgan fingerprint density at radius 3 is 2.48 bits per heavy atom. The Morgan fingerprint density at radius 1 is 1.24 bits per heavy atom. The largest absolute Gasteiger partial charge is 0.497 e. The van der Waals surface area contributed by atoms with Crippen LogP contribution in [0, 0.1) is 0 Å². The van der Waals surface area contributed by atoms with E-state index in [9.17, 15) is 4.21 Å². The maximum absolute atomic E-state index is 12.4. The number of benzene rings is 1. The first-order valence-electron chi connectivity index (χ1n) is 7.39. The van der Waals surface area contributed by atoms with Crippen LogP contribution in [0.2, 0.25) is 0 Å². The second kappa shape index (κ2) is 9.05. The third-order valence-corrected chi connectivity index (χ3v) is 5.51. The molecule has 1 aromatic carbocycles. The molecule has 0 heterocycles. The molecule has 0 amide bonds. The summed E-state index contributed by atoms with van der Waals surface area (Å²) in [6, 6.07) is 5.72. The average Bonchev–Trinajstić information content (AvgIpc) is 2.52. The van der Waals surface area contributed by atoms with Crippen molar-refractivity contribution in [3.05, 3.63) is 23.8 Å². The van der Waals surface area contributed by atoms with Gasteiger partial charge in [-0.15, -0.1) is 0 Å². The molecule has 0 aliphatic carbocycles. The third-order valence-electron chi connectivity index (χ3n) is 3.62. The smallest absolute Gasteiger partial charge is 0.123 e. The number of hydrogen-bond donors (Lipinski definition) is 1. The normalized spacial score (nSPS) is 15.3. The molecule has 1 aromatic rings. The summed E-state index contributed by atoms with van der Waals surface area (Å²) in [5.74, 6) is 2.15. The number of nitrogens with one attached hydrogen (secondary N) is 1. The van der Waals surface area contributed by atoms with Crippen LogP contribution in [0.25, 0.3) is 0 Å². The van der Waals surface area contributed by atoms with E-state index in [2.05, 4.69) is 12.2 Å². The van der Waals surface area contributed by atoms with Crippen molar-refractivity contribution in [1.82, 2.24) is 5.32 Å². The van der Waals surface area contributed by atoms with E-state index in [1.165, 1.54) is 0 Å². The van der Waals surface area contributed by atoms with Crippen LogP contribution >= 0.6 is 0 Å². The zero-order valence-electron chi connectivity index (χ0n) is 13.6. The Labute approximate surface area is 130 Å². The Bertz CT molecular complexity index is 465. The Hall–Kier alpha value is -1.07. The summed E-state index contributed by atoms with van der Waals surface area (Å²) in [7, 11) is 2.42. The van der Waals surface area contributed by atoms with Crippen LogP contribution < -0.4 is 14.8 Å². The molecule has 0 aliphatic heterocycles. The van der Waals surface area contributed by atoms with Gasteiger partial charge in [0, 0.05) is 33.4 Å². The highest BCUT2D eigenvalue weighted by Gasteiger charge is 2.21. The highest BCUT2D eigenvalue weighted by Crippen LogP contribution is 2.30. The van der Waals surface area contributed by atoms with E-state index in [4.69, 9.17) is 9.47 Å². The van der Waals surface area contributed by atoms with Gasteiger partial charge in [-0.25, -0.2) is 0 Å². The standard InChI is InChI=1S/C16H27NO3S/c1-6-12(3)21(18)11-15(17-7-2)14-10-13(19-4)8-9-16(14)20-5/h8-10,12,15,17H,6-7,11H2,1-5H3. The predicted molar refractivity (Wildman–Crippen MR) is 88.7 cm³/mol. The van der Waals surface area contributed by atoms with Crippen LogP contribution in [-0.4, -0.2) is 36.0 Å². The molecule has 1 rings (SSSR count). The van der Waals surface area contributed by atoms with Gasteiger partial charge < -0.3 is 14.8 Å². The lowest BCUT2D eigenvalue weighted by Crippen LogP contribution is -2.29. The topological polar surface area (TPSA) is 47.6 Å². The van der Waals surface area contributed by atoms with E-state index in [0.29, 0.717) is 5.75 Å². The molecule has 120 valence electrons. The monoisotopic (exact) mass is 313 g/mol. The van der Waals surface area contributed by atoms with Crippen molar-refractivity contribution in [2.45, 2.75) is 38.5 Å². The van der Waals surface area contributed by atoms with Crippen molar-refractivity contribution >= 4 is 10.8 Å². The molecule has 0 saturated heterocycles. The van der Waals surface area contributed by atoms with Gasteiger partial charge in [0.25, 0.3) is 0 Å². The summed E-state index contributed by atoms with van der Waals surface area (Å²) in [4.78, 5) is 0. The van der Waals surface area contributed by atoms with Gasteiger partial charge in [0.05, 0.1) is 14.2 Å². The minimum atomic E-state index is -0.875. The van der Waals surface area contributed by atoms with E-state index in [0.717, 1.165) is 30.0 Å². The third kappa shape index (κ3) is 5.00. The van der Waals surface area contributed by atoms with Crippen LogP contribution in [-0.2, 0) is 10.8 Å². The van der Waals surface area contributed by atoms with Crippen LogP contribution in [0.15, 0.2) is 18.2 Å². The average molecular weight is 313 g/mol. The van der Waals surface area contributed by atoms with Crippen LogP contribution in [0.1, 0.15) is 38.8 Å². The van der Waals surface area contributed by atoms with Crippen molar-refractivity contribution in [1.29, 1.82) is 0 Å². The van der Waals surface area contributed by atoms with Gasteiger partial charge in [0.1, 0.15) is 11.5 Å². The van der Waals surface area contributed by atoms with E-state index < -0.39 is 10.8 Å². The highest BCUT2D eigenvalue weighted by molar-refractivity contribution is 7.85. The molecule has 21 heavy (non-hydrogen) atoms. The second-order valence-electron chi connectivity index (χ2n) is 4.98. The first kappa shape index (κ1) is 18.0. The molecule has 3 atom stereocenters. The van der Waals surface area contributed by atoms with E-state index >= 15 is 0 Å². The van der Waals surface area contributed by atoms with Gasteiger partial charge in [-0.2, -0.15) is 0 Å². The highest BCUT2D eigenvalue weighted by atomic mass is 32.2. The van der Waals surface area contributed by atoms with Gasteiger partial charge >= 0.3 is 0 Å². The molecule has 1 N–H and O–H groups in total. The second-order valence-corrected chi connectivity index (χ2v) is 6.88. The van der Waals surface area contributed by atoms with Gasteiger partial charge in [0.15, 0.2) is 0 Å². The molecule has 0 aromatic heterocycles. The van der Waals surface area contributed by atoms with Crippen LogP contribution in [0.3, 0.4) is 0 Å². The molecule has 0 saturated carbocycles. The van der Waals surface area contributed by atoms with E-state index in [1.54, 1.807) is 14.2 Å². The maximum Gasteiger partial charge on any atom is 0.123 e. The SMILES string of the molecule is CCNC(CS(=O)C(C)CC)c1cc(OC)ccc1OC. The summed E-state index contributed by atoms with van der Waals surface area (Å²) in [5.41, 5.74) is 0.996. The van der Waals surface area contributed by atoms with Gasteiger partial charge in [-0.05, 0) is 31.2 Å². The van der Waals surface area contributed by atoms with Crippen molar-refractivity contribution in [2.75, 3.05) is 26.5 Å². The quantitative estimate of drug-likeness (QED) is 0.761. The number of hydrogen-bond acceptors (Lipinski definition) is 4. The Kier molecular flexibility index (Phi) is 7.75. The molecular formula is C16H27NO3S. The first-order chi connectivity index (χ1) is 10.1. The minimum absolute atomic E-state index is 0.00474.